The predicted molar refractivity (Wildman–Crippen MR) is 90.7 cm³/mol. The second-order valence-corrected chi connectivity index (χ2v) is 6.70. The highest BCUT2D eigenvalue weighted by Crippen LogP contribution is 2.15. The molecule has 0 N–H and O–H groups in total. The Labute approximate surface area is 138 Å². The molecule has 23 heavy (non-hydrogen) atoms. The highest BCUT2D eigenvalue weighted by molar-refractivity contribution is 7.12. The molecule has 0 bridgehead atoms. The molecule has 1 fully saturated rings. The Morgan fingerprint density at radius 1 is 1.13 bits per heavy atom. The summed E-state index contributed by atoms with van der Waals surface area (Å²) in [5.74, 6) is 0.160. The van der Waals surface area contributed by atoms with Gasteiger partial charge in [-0.15, -0.1) is 11.3 Å². The third-order valence-corrected chi connectivity index (χ3v) is 5.06. The van der Waals surface area contributed by atoms with Crippen LogP contribution in [0.25, 0.3) is 5.52 Å². The molecule has 4 heterocycles. The van der Waals surface area contributed by atoms with E-state index in [4.69, 9.17) is 0 Å². The van der Waals surface area contributed by atoms with E-state index in [0.29, 0.717) is 0 Å². The highest BCUT2D eigenvalue weighted by Gasteiger charge is 2.23. The lowest BCUT2D eigenvalue weighted by molar-refractivity contribution is 0.0631. The monoisotopic (exact) mass is 326 g/mol. The van der Waals surface area contributed by atoms with Crippen molar-refractivity contribution in [2.24, 2.45) is 0 Å². The van der Waals surface area contributed by atoms with Crippen LogP contribution in [0.5, 0.6) is 0 Å². The number of fused-ring (bicyclic) bond motifs is 1. The van der Waals surface area contributed by atoms with Crippen LogP contribution in [0.2, 0.25) is 0 Å². The number of hydrogen-bond acceptors (Lipinski definition) is 4. The van der Waals surface area contributed by atoms with E-state index in [1.54, 1.807) is 0 Å². The van der Waals surface area contributed by atoms with Crippen molar-refractivity contribution in [2.45, 2.75) is 6.54 Å². The maximum atomic E-state index is 12.3. The first-order valence-corrected chi connectivity index (χ1v) is 8.66. The number of rotatable bonds is 3. The van der Waals surface area contributed by atoms with Gasteiger partial charge in [0, 0.05) is 38.9 Å². The smallest absolute Gasteiger partial charge is 0.264 e. The van der Waals surface area contributed by atoms with Gasteiger partial charge in [-0.1, -0.05) is 12.1 Å². The quantitative estimate of drug-likeness (QED) is 0.742. The van der Waals surface area contributed by atoms with E-state index < -0.39 is 0 Å². The van der Waals surface area contributed by atoms with Crippen LogP contribution in [-0.2, 0) is 6.54 Å². The molecule has 0 radical (unpaired) electrons. The summed E-state index contributed by atoms with van der Waals surface area (Å²) in [5, 5.41) is 6.55. The summed E-state index contributed by atoms with van der Waals surface area (Å²) in [4.78, 5) is 17.5. The van der Waals surface area contributed by atoms with Crippen molar-refractivity contribution < 1.29 is 4.79 Å². The van der Waals surface area contributed by atoms with Gasteiger partial charge in [-0.3, -0.25) is 9.69 Å². The largest absolute Gasteiger partial charge is 0.335 e. The van der Waals surface area contributed by atoms with Crippen molar-refractivity contribution in [1.29, 1.82) is 0 Å². The summed E-state index contributed by atoms with van der Waals surface area (Å²) in [5.41, 5.74) is 2.20. The van der Waals surface area contributed by atoms with Crippen molar-refractivity contribution in [3.63, 3.8) is 0 Å². The Bertz CT molecular complexity index is 770. The van der Waals surface area contributed by atoms with Crippen molar-refractivity contribution in [3.8, 4) is 0 Å². The standard InChI is InChI=1S/C17H18N4OS/c22-17(16-5-3-11-23-16)20-9-7-19(8-10-20)13-14-12-15-4-1-2-6-21(15)18-14/h1-6,11-12H,7-10,13H2. The van der Waals surface area contributed by atoms with Gasteiger partial charge in [0.2, 0.25) is 0 Å². The molecule has 0 aromatic carbocycles. The second-order valence-electron chi connectivity index (χ2n) is 5.75. The van der Waals surface area contributed by atoms with Gasteiger partial charge in [-0.25, -0.2) is 4.52 Å². The zero-order valence-electron chi connectivity index (χ0n) is 12.8. The fraction of sp³-hybridized carbons (Fsp3) is 0.294. The van der Waals surface area contributed by atoms with Gasteiger partial charge in [0.25, 0.3) is 5.91 Å². The summed E-state index contributed by atoms with van der Waals surface area (Å²) in [6.45, 7) is 4.19. The maximum Gasteiger partial charge on any atom is 0.264 e. The van der Waals surface area contributed by atoms with Crippen molar-refractivity contribution in [1.82, 2.24) is 19.4 Å². The lowest BCUT2D eigenvalue weighted by atomic mass is 10.2. The van der Waals surface area contributed by atoms with E-state index in [1.807, 2.05) is 45.3 Å². The molecular weight excluding hydrogens is 308 g/mol. The molecule has 4 rings (SSSR count). The van der Waals surface area contributed by atoms with Crippen LogP contribution < -0.4 is 0 Å². The van der Waals surface area contributed by atoms with Gasteiger partial charge in [0.15, 0.2) is 0 Å². The van der Waals surface area contributed by atoms with Gasteiger partial charge in [0.05, 0.1) is 16.1 Å². The fourth-order valence-electron chi connectivity index (χ4n) is 2.96. The number of amides is 1. The minimum atomic E-state index is 0.160. The van der Waals surface area contributed by atoms with Crippen LogP contribution in [0.15, 0.2) is 48.0 Å². The Morgan fingerprint density at radius 3 is 2.74 bits per heavy atom. The molecular formula is C17H18N4OS. The van der Waals surface area contributed by atoms with E-state index in [0.717, 1.165) is 48.8 Å². The number of hydrogen-bond donors (Lipinski definition) is 0. The summed E-state index contributed by atoms with van der Waals surface area (Å²) < 4.78 is 1.91. The molecule has 0 atom stereocenters. The Hall–Kier alpha value is -2.18. The molecule has 0 unspecified atom stereocenters. The van der Waals surface area contributed by atoms with E-state index in [2.05, 4.69) is 22.1 Å². The van der Waals surface area contributed by atoms with E-state index in [1.165, 1.54) is 11.3 Å². The fourth-order valence-corrected chi connectivity index (χ4v) is 3.65. The van der Waals surface area contributed by atoms with Crippen LogP contribution >= 0.6 is 11.3 Å². The van der Waals surface area contributed by atoms with E-state index in [-0.39, 0.29) is 5.91 Å². The molecule has 3 aromatic rings. The molecule has 5 nitrogen and oxygen atoms in total. The van der Waals surface area contributed by atoms with Crippen LogP contribution in [0.1, 0.15) is 15.4 Å². The number of pyridine rings is 1. The number of aromatic nitrogens is 2. The molecule has 6 heteroatoms. The topological polar surface area (TPSA) is 40.9 Å². The van der Waals surface area contributed by atoms with Gasteiger partial charge in [-0.2, -0.15) is 5.10 Å². The summed E-state index contributed by atoms with van der Waals surface area (Å²) in [7, 11) is 0. The minimum Gasteiger partial charge on any atom is -0.335 e. The SMILES string of the molecule is O=C(c1cccs1)N1CCN(Cc2cc3ccccn3n2)CC1. The molecule has 0 saturated carbocycles. The molecule has 0 aliphatic carbocycles. The molecule has 0 spiro atoms. The molecule has 1 amide bonds. The third kappa shape index (κ3) is 3.00. The van der Waals surface area contributed by atoms with E-state index >= 15 is 0 Å². The highest BCUT2D eigenvalue weighted by atomic mass is 32.1. The molecule has 1 saturated heterocycles. The average Bonchev–Trinajstić information content (AvgIpc) is 3.24. The van der Waals surface area contributed by atoms with E-state index in [9.17, 15) is 4.79 Å². The zero-order chi connectivity index (χ0) is 15.6. The average molecular weight is 326 g/mol. The number of carbonyl (C=O) groups is 1. The van der Waals surface area contributed by atoms with Gasteiger partial charge in [-0.05, 0) is 29.6 Å². The van der Waals surface area contributed by atoms with Gasteiger partial charge >= 0.3 is 0 Å². The van der Waals surface area contributed by atoms with Crippen LogP contribution in [-0.4, -0.2) is 51.5 Å². The third-order valence-electron chi connectivity index (χ3n) is 4.20. The number of carbonyl (C=O) groups excluding carboxylic acids is 1. The molecule has 1 aliphatic heterocycles. The maximum absolute atomic E-state index is 12.3. The Balaban J connectivity index is 1.37. The van der Waals surface area contributed by atoms with Crippen molar-refractivity contribution >= 4 is 22.8 Å². The summed E-state index contributed by atoms with van der Waals surface area (Å²) in [6, 6.07) is 12.0. The minimum absolute atomic E-state index is 0.160. The first kappa shape index (κ1) is 14.4. The summed E-state index contributed by atoms with van der Waals surface area (Å²) in [6.07, 6.45) is 1.97. The Morgan fingerprint density at radius 2 is 2.00 bits per heavy atom. The normalized spacial score (nSPS) is 16.1. The van der Waals surface area contributed by atoms with Crippen LogP contribution in [0.3, 0.4) is 0 Å². The Kier molecular flexibility index (Phi) is 3.85. The van der Waals surface area contributed by atoms with Crippen molar-refractivity contribution in [3.05, 3.63) is 58.5 Å². The second kappa shape index (κ2) is 6.14. The van der Waals surface area contributed by atoms with Gasteiger partial charge < -0.3 is 4.90 Å². The van der Waals surface area contributed by atoms with Gasteiger partial charge in [0.1, 0.15) is 0 Å². The first-order valence-electron chi connectivity index (χ1n) is 7.78. The number of thiophene rings is 1. The number of piperazine rings is 1. The summed E-state index contributed by atoms with van der Waals surface area (Å²) >= 11 is 1.51. The van der Waals surface area contributed by atoms with Crippen molar-refractivity contribution in [2.75, 3.05) is 26.2 Å². The predicted octanol–water partition coefficient (Wildman–Crippen LogP) is 2.35. The van der Waals surface area contributed by atoms with Crippen LogP contribution in [0, 0.1) is 0 Å². The molecule has 118 valence electrons. The van der Waals surface area contributed by atoms with Crippen LogP contribution in [0.4, 0.5) is 0 Å². The number of nitrogens with zero attached hydrogens (tertiary/aromatic N) is 4. The molecule has 1 aliphatic rings. The lowest BCUT2D eigenvalue weighted by Gasteiger charge is -2.34. The zero-order valence-corrected chi connectivity index (χ0v) is 13.6. The molecule has 3 aromatic heterocycles. The first-order chi connectivity index (χ1) is 11.3. The lowest BCUT2D eigenvalue weighted by Crippen LogP contribution is -2.48.